The molecule has 0 bridgehead atoms. The molecule has 5 nitrogen and oxygen atoms in total. The molecule has 26 heavy (non-hydrogen) atoms. The Kier molecular flexibility index (Phi) is 6.62. The monoisotopic (exact) mass is 382 g/mol. The van der Waals surface area contributed by atoms with Crippen LogP contribution < -0.4 is 5.32 Å². The smallest absolute Gasteiger partial charge is 0.230 e. The third kappa shape index (κ3) is 5.57. The molecule has 0 radical (unpaired) electrons. The van der Waals surface area contributed by atoms with Crippen LogP contribution in [0, 0.1) is 6.92 Å². The van der Waals surface area contributed by atoms with Gasteiger partial charge in [-0.15, -0.1) is 0 Å². The molecule has 3 rings (SSSR count). The molecule has 2 aromatic heterocycles. The van der Waals surface area contributed by atoms with Crippen molar-refractivity contribution >= 4 is 29.4 Å². The molecular weight excluding hydrogens is 364 g/mol. The molecule has 0 saturated carbocycles. The van der Waals surface area contributed by atoms with Crippen LogP contribution in [0.4, 0.5) is 0 Å². The number of aryl methyl sites for hydroxylation is 1. The van der Waals surface area contributed by atoms with Gasteiger partial charge in [0.05, 0.1) is 5.75 Å². The van der Waals surface area contributed by atoms with Crippen LogP contribution in [0.15, 0.2) is 76.1 Å². The van der Waals surface area contributed by atoms with Crippen LogP contribution in [-0.4, -0.2) is 26.6 Å². The molecule has 0 aliphatic rings. The Labute approximate surface area is 161 Å². The number of hydrogen-bond acceptors (Lipinski definition) is 6. The second-order valence-electron chi connectivity index (χ2n) is 5.51. The van der Waals surface area contributed by atoms with Crippen molar-refractivity contribution in [3.05, 3.63) is 72.3 Å². The average molecular weight is 383 g/mol. The van der Waals surface area contributed by atoms with E-state index in [4.69, 9.17) is 0 Å². The summed E-state index contributed by atoms with van der Waals surface area (Å²) in [5.41, 5.74) is 2.22. The molecule has 0 aliphatic heterocycles. The second-order valence-corrected chi connectivity index (χ2v) is 7.53. The molecule has 7 heteroatoms. The van der Waals surface area contributed by atoms with Gasteiger partial charge in [0.25, 0.3) is 0 Å². The number of thioether (sulfide) groups is 1. The molecule has 0 aliphatic carbocycles. The van der Waals surface area contributed by atoms with Gasteiger partial charge in [0.1, 0.15) is 10.1 Å². The van der Waals surface area contributed by atoms with E-state index >= 15 is 0 Å². The molecule has 1 amide bonds. The number of nitrogens with one attached hydrogen (secondary N) is 1. The molecule has 132 valence electrons. The van der Waals surface area contributed by atoms with E-state index in [1.807, 2.05) is 24.3 Å². The van der Waals surface area contributed by atoms with Gasteiger partial charge in [0, 0.05) is 36.2 Å². The van der Waals surface area contributed by atoms with Crippen molar-refractivity contribution in [1.82, 2.24) is 20.3 Å². The number of amides is 1. The van der Waals surface area contributed by atoms with E-state index in [2.05, 4.69) is 39.3 Å². The van der Waals surface area contributed by atoms with Crippen LogP contribution in [0.1, 0.15) is 11.1 Å². The van der Waals surface area contributed by atoms with Gasteiger partial charge >= 0.3 is 0 Å². The largest absolute Gasteiger partial charge is 0.351 e. The highest BCUT2D eigenvalue weighted by Gasteiger charge is 2.11. The molecule has 2 heterocycles. The van der Waals surface area contributed by atoms with Gasteiger partial charge in [0.2, 0.25) is 5.91 Å². The molecule has 0 saturated heterocycles. The Hall–Kier alpha value is -2.38. The van der Waals surface area contributed by atoms with Crippen LogP contribution >= 0.6 is 23.5 Å². The number of aromatic nitrogens is 3. The Morgan fingerprint density at radius 3 is 2.58 bits per heavy atom. The molecule has 0 unspecified atom stereocenters. The summed E-state index contributed by atoms with van der Waals surface area (Å²) in [7, 11) is 0. The first-order chi connectivity index (χ1) is 12.7. The fourth-order valence-corrected chi connectivity index (χ4v) is 4.01. The summed E-state index contributed by atoms with van der Waals surface area (Å²) in [6.45, 7) is 2.55. The molecule has 1 aromatic carbocycles. The predicted molar refractivity (Wildman–Crippen MR) is 104 cm³/mol. The molecule has 1 N–H and O–H groups in total. The fraction of sp³-hybridized carbons (Fsp3) is 0.158. The lowest BCUT2D eigenvalue weighted by Crippen LogP contribution is -2.24. The van der Waals surface area contributed by atoms with E-state index < -0.39 is 0 Å². The maximum atomic E-state index is 12.1. The lowest BCUT2D eigenvalue weighted by Gasteiger charge is -2.08. The second kappa shape index (κ2) is 9.35. The predicted octanol–water partition coefficient (Wildman–Crippen LogP) is 3.74. The van der Waals surface area contributed by atoms with Crippen LogP contribution in [0.5, 0.6) is 0 Å². The Bertz CT molecular complexity index is 874. The molecule has 0 atom stereocenters. The number of rotatable bonds is 7. The van der Waals surface area contributed by atoms with Gasteiger partial charge in [-0.2, -0.15) is 0 Å². The number of benzene rings is 1. The van der Waals surface area contributed by atoms with E-state index in [1.165, 1.54) is 17.3 Å². The van der Waals surface area contributed by atoms with E-state index in [9.17, 15) is 4.79 Å². The Balaban J connectivity index is 1.57. The molecule has 3 aromatic rings. The lowest BCUT2D eigenvalue weighted by molar-refractivity contribution is -0.118. The van der Waals surface area contributed by atoms with Crippen molar-refractivity contribution in [2.24, 2.45) is 0 Å². The summed E-state index contributed by atoms with van der Waals surface area (Å²) in [5, 5.41) is 4.48. The average Bonchev–Trinajstić information content (AvgIpc) is 2.66. The summed E-state index contributed by atoms with van der Waals surface area (Å²) in [6.07, 6.45) is 6.75. The first-order valence-corrected chi connectivity index (χ1v) is 9.85. The zero-order valence-electron chi connectivity index (χ0n) is 14.3. The molecule has 0 spiro atoms. The summed E-state index contributed by atoms with van der Waals surface area (Å²) < 4.78 is 0. The van der Waals surface area contributed by atoms with E-state index in [0.29, 0.717) is 12.3 Å². The Morgan fingerprint density at radius 1 is 1.04 bits per heavy atom. The van der Waals surface area contributed by atoms with Crippen LogP contribution in [0.25, 0.3) is 0 Å². The number of carbonyl (C=O) groups is 1. The third-order valence-corrected chi connectivity index (χ3v) is 5.51. The topological polar surface area (TPSA) is 67.8 Å². The normalized spacial score (nSPS) is 10.5. The van der Waals surface area contributed by atoms with Gasteiger partial charge in [-0.3, -0.25) is 9.78 Å². The Morgan fingerprint density at radius 2 is 1.81 bits per heavy atom. The maximum Gasteiger partial charge on any atom is 0.230 e. The van der Waals surface area contributed by atoms with Crippen molar-refractivity contribution in [3.8, 4) is 0 Å². The van der Waals surface area contributed by atoms with Crippen molar-refractivity contribution in [2.75, 3.05) is 5.75 Å². The fourth-order valence-electron chi connectivity index (χ4n) is 2.16. The first-order valence-electron chi connectivity index (χ1n) is 8.04. The number of pyridine rings is 1. The molecule has 0 fully saturated rings. The number of nitrogens with zero attached hydrogens (tertiary/aromatic N) is 3. The highest BCUT2D eigenvalue weighted by molar-refractivity contribution is 8.02. The zero-order valence-corrected chi connectivity index (χ0v) is 15.9. The number of carbonyl (C=O) groups excluding carboxylic acids is 1. The van der Waals surface area contributed by atoms with Crippen molar-refractivity contribution in [1.29, 1.82) is 0 Å². The SMILES string of the molecule is Cc1cccc(Sc2nccnc2SCC(=O)NCc2ccncc2)c1. The number of hydrogen-bond donors (Lipinski definition) is 1. The quantitative estimate of drug-likeness (QED) is 0.628. The molecular formula is C19H18N4OS2. The highest BCUT2D eigenvalue weighted by atomic mass is 32.2. The summed E-state index contributed by atoms with van der Waals surface area (Å²) in [4.78, 5) is 26.0. The van der Waals surface area contributed by atoms with Gasteiger partial charge in [0.15, 0.2) is 0 Å². The van der Waals surface area contributed by atoms with Crippen LogP contribution in [0.3, 0.4) is 0 Å². The highest BCUT2D eigenvalue weighted by Crippen LogP contribution is 2.32. The first kappa shape index (κ1) is 18.4. The van der Waals surface area contributed by atoms with Crippen LogP contribution in [-0.2, 0) is 11.3 Å². The maximum absolute atomic E-state index is 12.1. The minimum atomic E-state index is -0.0380. The van der Waals surface area contributed by atoms with Gasteiger partial charge < -0.3 is 5.32 Å². The zero-order chi connectivity index (χ0) is 18.2. The van der Waals surface area contributed by atoms with E-state index in [0.717, 1.165) is 20.5 Å². The van der Waals surface area contributed by atoms with Gasteiger partial charge in [-0.05, 0) is 36.8 Å². The van der Waals surface area contributed by atoms with Crippen molar-refractivity contribution in [3.63, 3.8) is 0 Å². The van der Waals surface area contributed by atoms with E-state index in [-0.39, 0.29) is 5.91 Å². The lowest BCUT2D eigenvalue weighted by atomic mass is 10.2. The summed E-state index contributed by atoms with van der Waals surface area (Å²) in [5.74, 6) is 0.259. The summed E-state index contributed by atoms with van der Waals surface area (Å²) >= 11 is 2.95. The van der Waals surface area contributed by atoms with Crippen molar-refractivity contribution in [2.45, 2.75) is 28.4 Å². The summed E-state index contributed by atoms with van der Waals surface area (Å²) in [6, 6.07) is 12.0. The van der Waals surface area contributed by atoms with Crippen molar-refractivity contribution < 1.29 is 4.79 Å². The minimum Gasteiger partial charge on any atom is -0.351 e. The third-order valence-electron chi connectivity index (χ3n) is 3.42. The van der Waals surface area contributed by atoms with Gasteiger partial charge in [-0.1, -0.05) is 41.2 Å². The standard InChI is InChI=1S/C19H18N4OS2/c1-14-3-2-4-16(11-14)26-19-18(21-9-10-22-19)25-13-17(24)23-12-15-5-7-20-8-6-15/h2-11H,12-13H2,1H3,(H,23,24). The van der Waals surface area contributed by atoms with Gasteiger partial charge in [-0.25, -0.2) is 9.97 Å². The van der Waals surface area contributed by atoms with Crippen LogP contribution in [0.2, 0.25) is 0 Å². The van der Waals surface area contributed by atoms with E-state index in [1.54, 1.807) is 36.5 Å². The minimum absolute atomic E-state index is 0.0380.